The molecule has 1 rings (SSSR count). The topological polar surface area (TPSA) is 64.3 Å². The lowest BCUT2D eigenvalue weighted by Crippen LogP contribution is -2.48. The van der Waals surface area contributed by atoms with Gasteiger partial charge in [0.25, 0.3) is 5.91 Å². The van der Waals surface area contributed by atoms with Crippen molar-refractivity contribution >= 4 is 18.3 Å². The van der Waals surface area contributed by atoms with Gasteiger partial charge in [-0.15, -0.1) is 12.4 Å². The summed E-state index contributed by atoms with van der Waals surface area (Å²) in [4.78, 5) is 11.8. The van der Waals surface area contributed by atoms with Crippen LogP contribution >= 0.6 is 12.4 Å². The first kappa shape index (κ1) is 20.5. The molecule has 0 saturated carbocycles. The average molecular weight is 341 g/mol. The van der Waals surface area contributed by atoms with Gasteiger partial charge in [-0.3, -0.25) is 4.79 Å². The summed E-state index contributed by atoms with van der Waals surface area (Å²) in [5.74, 6) is -0.898. The van der Waals surface area contributed by atoms with E-state index in [9.17, 15) is 18.0 Å². The van der Waals surface area contributed by atoms with Crippen LogP contribution in [-0.2, 0) is 11.0 Å². The SMILES string of the molecule is CC(Oc1ccccc1C(F)(F)F)C(=O)NCC(C)(C)N.Cl. The van der Waals surface area contributed by atoms with Crippen molar-refractivity contribution in [2.24, 2.45) is 5.73 Å². The van der Waals surface area contributed by atoms with Gasteiger partial charge in [0.05, 0.1) is 5.56 Å². The van der Waals surface area contributed by atoms with Crippen molar-refractivity contribution < 1.29 is 22.7 Å². The maximum absolute atomic E-state index is 12.8. The first-order chi connectivity index (χ1) is 9.50. The Morgan fingerprint density at radius 1 is 1.32 bits per heavy atom. The van der Waals surface area contributed by atoms with E-state index in [0.717, 1.165) is 6.07 Å². The van der Waals surface area contributed by atoms with Gasteiger partial charge in [-0.1, -0.05) is 12.1 Å². The Bertz CT molecular complexity index is 502. The molecule has 4 nitrogen and oxygen atoms in total. The Kier molecular flexibility index (Phi) is 7.18. The van der Waals surface area contributed by atoms with Crippen molar-refractivity contribution in [3.63, 3.8) is 0 Å². The molecule has 0 aliphatic carbocycles. The molecule has 0 aliphatic rings. The van der Waals surface area contributed by atoms with E-state index in [0.29, 0.717) is 0 Å². The molecule has 126 valence electrons. The zero-order valence-electron chi connectivity index (χ0n) is 12.5. The lowest BCUT2D eigenvalue weighted by atomic mass is 10.1. The van der Waals surface area contributed by atoms with E-state index in [1.54, 1.807) is 13.8 Å². The van der Waals surface area contributed by atoms with Gasteiger partial charge in [-0.25, -0.2) is 0 Å². The van der Waals surface area contributed by atoms with Crippen LogP contribution in [0.15, 0.2) is 24.3 Å². The maximum atomic E-state index is 12.8. The Morgan fingerprint density at radius 2 is 1.86 bits per heavy atom. The van der Waals surface area contributed by atoms with Crippen LogP contribution in [0, 0.1) is 0 Å². The van der Waals surface area contributed by atoms with E-state index in [2.05, 4.69) is 5.32 Å². The summed E-state index contributed by atoms with van der Waals surface area (Å²) in [5, 5.41) is 2.53. The summed E-state index contributed by atoms with van der Waals surface area (Å²) in [6.07, 6.45) is -5.60. The molecule has 1 atom stereocenters. The number of nitrogens with two attached hydrogens (primary N) is 1. The largest absolute Gasteiger partial charge is 0.480 e. The van der Waals surface area contributed by atoms with Crippen LogP contribution in [0.1, 0.15) is 26.3 Å². The lowest BCUT2D eigenvalue weighted by molar-refractivity contribution is -0.140. The molecule has 0 saturated heterocycles. The molecule has 1 aromatic carbocycles. The van der Waals surface area contributed by atoms with Gasteiger partial charge in [0, 0.05) is 12.1 Å². The third kappa shape index (κ3) is 6.53. The highest BCUT2D eigenvalue weighted by molar-refractivity contribution is 5.85. The second-order valence-electron chi connectivity index (χ2n) is 5.46. The summed E-state index contributed by atoms with van der Waals surface area (Å²) in [5.41, 5.74) is 4.19. The number of halogens is 4. The normalized spacial score (nSPS) is 13.0. The molecule has 0 bridgehead atoms. The first-order valence-corrected chi connectivity index (χ1v) is 6.40. The molecular weight excluding hydrogens is 321 g/mol. The summed E-state index contributed by atoms with van der Waals surface area (Å²) >= 11 is 0. The van der Waals surface area contributed by atoms with Crippen LogP contribution in [0.4, 0.5) is 13.2 Å². The molecule has 0 heterocycles. The van der Waals surface area contributed by atoms with Crippen LogP contribution in [0.2, 0.25) is 0 Å². The van der Waals surface area contributed by atoms with Gasteiger partial charge in [-0.2, -0.15) is 13.2 Å². The van der Waals surface area contributed by atoms with Gasteiger partial charge in [0.1, 0.15) is 5.75 Å². The summed E-state index contributed by atoms with van der Waals surface area (Å²) in [6.45, 7) is 5.02. The van der Waals surface area contributed by atoms with Crippen LogP contribution in [-0.4, -0.2) is 24.1 Å². The Hall–Kier alpha value is -1.47. The van der Waals surface area contributed by atoms with Crippen molar-refractivity contribution in [2.75, 3.05) is 6.54 Å². The maximum Gasteiger partial charge on any atom is 0.419 e. The predicted molar refractivity (Wildman–Crippen MR) is 80.1 cm³/mol. The van der Waals surface area contributed by atoms with E-state index < -0.39 is 29.3 Å². The summed E-state index contributed by atoms with van der Waals surface area (Å²) in [7, 11) is 0. The summed E-state index contributed by atoms with van der Waals surface area (Å²) in [6, 6.07) is 4.76. The number of hydrogen-bond donors (Lipinski definition) is 2. The van der Waals surface area contributed by atoms with Gasteiger partial charge in [0.2, 0.25) is 0 Å². The predicted octanol–water partition coefficient (Wildman–Crippen LogP) is 2.75. The number of alkyl halides is 3. The molecule has 0 aromatic heterocycles. The highest BCUT2D eigenvalue weighted by Gasteiger charge is 2.34. The van der Waals surface area contributed by atoms with Crippen LogP contribution < -0.4 is 15.8 Å². The Morgan fingerprint density at radius 3 is 2.36 bits per heavy atom. The van der Waals surface area contributed by atoms with E-state index in [4.69, 9.17) is 10.5 Å². The van der Waals surface area contributed by atoms with Gasteiger partial charge in [0.15, 0.2) is 6.10 Å². The van der Waals surface area contributed by atoms with Crippen molar-refractivity contribution in [3.05, 3.63) is 29.8 Å². The van der Waals surface area contributed by atoms with Crippen LogP contribution in [0.3, 0.4) is 0 Å². The molecule has 22 heavy (non-hydrogen) atoms. The molecule has 0 spiro atoms. The van der Waals surface area contributed by atoms with E-state index in [1.165, 1.54) is 25.1 Å². The average Bonchev–Trinajstić information content (AvgIpc) is 2.34. The molecule has 0 fully saturated rings. The second-order valence-corrected chi connectivity index (χ2v) is 5.46. The molecule has 0 aliphatic heterocycles. The third-order valence-electron chi connectivity index (χ3n) is 2.58. The zero-order valence-corrected chi connectivity index (χ0v) is 13.3. The number of amides is 1. The Balaban J connectivity index is 0.00000441. The van der Waals surface area contributed by atoms with Gasteiger partial charge >= 0.3 is 6.18 Å². The molecule has 0 radical (unpaired) electrons. The number of carbonyl (C=O) groups excluding carboxylic acids is 1. The molecule has 1 aromatic rings. The highest BCUT2D eigenvalue weighted by atomic mass is 35.5. The molecule has 1 amide bonds. The first-order valence-electron chi connectivity index (χ1n) is 6.40. The fourth-order valence-corrected chi connectivity index (χ4v) is 1.51. The van der Waals surface area contributed by atoms with Crippen LogP contribution in [0.25, 0.3) is 0 Å². The minimum Gasteiger partial charge on any atom is -0.480 e. The van der Waals surface area contributed by atoms with Crippen molar-refractivity contribution in [1.82, 2.24) is 5.32 Å². The molecule has 8 heteroatoms. The number of rotatable bonds is 5. The van der Waals surface area contributed by atoms with Gasteiger partial charge in [-0.05, 0) is 32.9 Å². The number of ether oxygens (including phenoxy) is 1. The summed E-state index contributed by atoms with van der Waals surface area (Å²) < 4.78 is 43.5. The Labute approximate surface area is 133 Å². The number of para-hydroxylation sites is 1. The van der Waals surface area contributed by atoms with Crippen molar-refractivity contribution in [3.8, 4) is 5.75 Å². The van der Waals surface area contributed by atoms with E-state index in [1.807, 2.05) is 0 Å². The number of carbonyl (C=O) groups is 1. The van der Waals surface area contributed by atoms with E-state index >= 15 is 0 Å². The smallest absolute Gasteiger partial charge is 0.419 e. The fraction of sp³-hybridized carbons (Fsp3) is 0.500. The monoisotopic (exact) mass is 340 g/mol. The number of hydrogen-bond acceptors (Lipinski definition) is 3. The number of nitrogens with one attached hydrogen (secondary N) is 1. The minimum absolute atomic E-state index is 0. The zero-order chi connectivity index (χ0) is 16.3. The lowest BCUT2D eigenvalue weighted by Gasteiger charge is -2.22. The third-order valence-corrected chi connectivity index (χ3v) is 2.58. The van der Waals surface area contributed by atoms with E-state index in [-0.39, 0.29) is 24.7 Å². The second kappa shape index (κ2) is 7.69. The quantitative estimate of drug-likeness (QED) is 0.866. The van der Waals surface area contributed by atoms with Crippen molar-refractivity contribution in [1.29, 1.82) is 0 Å². The van der Waals surface area contributed by atoms with Crippen molar-refractivity contribution in [2.45, 2.75) is 38.6 Å². The molecule has 3 N–H and O–H groups in total. The minimum atomic E-state index is -4.54. The number of benzene rings is 1. The highest BCUT2D eigenvalue weighted by Crippen LogP contribution is 2.36. The standard InChI is InChI=1S/C14H19F3N2O2.ClH/c1-9(12(20)19-8-13(2,3)18)21-11-7-5-4-6-10(11)14(15,16)17;/h4-7,9H,8,18H2,1-3H3,(H,19,20);1H. The molecular formula is C14H20ClF3N2O2. The fourth-order valence-electron chi connectivity index (χ4n) is 1.51. The molecule has 1 unspecified atom stereocenters. The van der Waals surface area contributed by atoms with Gasteiger partial charge < -0.3 is 15.8 Å². The van der Waals surface area contributed by atoms with Crippen LogP contribution in [0.5, 0.6) is 5.75 Å².